The molecule has 0 saturated heterocycles. The third-order valence-electron chi connectivity index (χ3n) is 2.39. The first-order valence-corrected chi connectivity index (χ1v) is 6.00. The van der Waals surface area contributed by atoms with Crippen LogP contribution in [0.1, 0.15) is 26.3 Å². The molecule has 0 aliphatic carbocycles. The first kappa shape index (κ1) is 14.5. The van der Waals surface area contributed by atoms with Gasteiger partial charge in [-0.3, -0.25) is 4.79 Å². The lowest BCUT2D eigenvalue weighted by molar-refractivity contribution is -0.157. The normalized spacial score (nSPS) is 13.1. The van der Waals surface area contributed by atoms with Gasteiger partial charge in [-0.05, 0) is 51.9 Å². The minimum Gasteiger partial charge on any atom is -0.508 e. The predicted octanol–water partition coefficient (Wildman–Crippen LogP) is 1.86. The van der Waals surface area contributed by atoms with Gasteiger partial charge in [0.2, 0.25) is 0 Å². The molecule has 4 heteroatoms. The molecular formula is C14H21NO3. The molecule has 1 aromatic rings. The van der Waals surface area contributed by atoms with E-state index < -0.39 is 11.6 Å². The first-order valence-electron chi connectivity index (χ1n) is 6.00. The van der Waals surface area contributed by atoms with Gasteiger partial charge in [0.05, 0.1) is 0 Å². The fraction of sp³-hybridized carbons (Fsp3) is 0.500. The summed E-state index contributed by atoms with van der Waals surface area (Å²) in [4.78, 5) is 11.9. The first-order chi connectivity index (χ1) is 8.31. The number of phenolic OH excluding ortho intramolecular Hbond substituents is 1. The quantitative estimate of drug-likeness (QED) is 0.802. The highest BCUT2D eigenvalue weighted by Gasteiger charge is 2.24. The van der Waals surface area contributed by atoms with E-state index in [9.17, 15) is 9.90 Å². The van der Waals surface area contributed by atoms with Crippen molar-refractivity contribution in [2.45, 2.75) is 38.8 Å². The molecular weight excluding hydrogens is 230 g/mol. The topological polar surface area (TPSA) is 58.6 Å². The third kappa shape index (κ3) is 4.75. The van der Waals surface area contributed by atoms with Crippen molar-refractivity contribution in [2.75, 3.05) is 7.05 Å². The van der Waals surface area contributed by atoms with Crippen LogP contribution in [0.2, 0.25) is 0 Å². The monoisotopic (exact) mass is 251 g/mol. The van der Waals surface area contributed by atoms with Gasteiger partial charge in [0.25, 0.3) is 0 Å². The van der Waals surface area contributed by atoms with E-state index in [-0.39, 0.29) is 11.7 Å². The van der Waals surface area contributed by atoms with Crippen LogP contribution < -0.4 is 5.32 Å². The summed E-state index contributed by atoms with van der Waals surface area (Å²) in [6.45, 7) is 5.52. The third-order valence-corrected chi connectivity index (χ3v) is 2.39. The van der Waals surface area contributed by atoms with Crippen molar-refractivity contribution in [1.29, 1.82) is 0 Å². The Morgan fingerprint density at radius 2 is 2.11 bits per heavy atom. The Labute approximate surface area is 108 Å². The van der Waals surface area contributed by atoms with E-state index >= 15 is 0 Å². The van der Waals surface area contributed by atoms with Gasteiger partial charge in [0.1, 0.15) is 17.4 Å². The number of likely N-dealkylation sites (N-methyl/N-ethyl adjacent to an activating group) is 1. The van der Waals surface area contributed by atoms with E-state index in [1.165, 1.54) is 0 Å². The molecule has 0 aromatic heterocycles. The van der Waals surface area contributed by atoms with Crippen molar-refractivity contribution in [3.05, 3.63) is 29.8 Å². The average molecular weight is 251 g/mol. The summed E-state index contributed by atoms with van der Waals surface area (Å²) in [5.41, 5.74) is 0.394. The van der Waals surface area contributed by atoms with Crippen molar-refractivity contribution in [3.63, 3.8) is 0 Å². The van der Waals surface area contributed by atoms with Crippen molar-refractivity contribution < 1.29 is 14.6 Å². The van der Waals surface area contributed by atoms with Gasteiger partial charge in [0, 0.05) is 0 Å². The summed E-state index contributed by atoms with van der Waals surface area (Å²) in [6, 6.07) is 6.46. The molecule has 2 N–H and O–H groups in total. The van der Waals surface area contributed by atoms with Crippen LogP contribution in [0.5, 0.6) is 5.75 Å². The molecule has 0 heterocycles. The molecule has 0 bridgehead atoms. The number of rotatable bonds is 4. The van der Waals surface area contributed by atoms with Crippen LogP contribution in [-0.2, 0) is 16.0 Å². The van der Waals surface area contributed by atoms with E-state index in [2.05, 4.69) is 5.32 Å². The second-order valence-corrected chi connectivity index (χ2v) is 5.25. The minimum absolute atomic E-state index is 0.201. The molecule has 0 fully saturated rings. The van der Waals surface area contributed by atoms with Crippen molar-refractivity contribution in [2.24, 2.45) is 0 Å². The van der Waals surface area contributed by atoms with Crippen LogP contribution in [0, 0.1) is 0 Å². The van der Waals surface area contributed by atoms with Crippen molar-refractivity contribution in [3.8, 4) is 5.75 Å². The lowest BCUT2D eigenvalue weighted by atomic mass is 10.1. The zero-order valence-electron chi connectivity index (χ0n) is 11.4. The van der Waals surface area contributed by atoms with Crippen LogP contribution in [0.25, 0.3) is 0 Å². The minimum atomic E-state index is -0.495. The zero-order valence-corrected chi connectivity index (χ0v) is 11.4. The molecule has 0 radical (unpaired) electrons. The van der Waals surface area contributed by atoms with Crippen LogP contribution in [0.4, 0.5) is 0 Å². The highest BCUT2D eigenvalue weighted by molar-refractivity contribution is 5.76. The molecule has 100 valence electrons. The van der Waals surface area contributed by atoms with E-state index in [0.717, 1.165) is 5.56 Å². The molecule has 1 rings (SSSR count). The van der Waals surface area contributed by atoms with E-state index in [1.54, 1.807) is 25.2 Å². The maximum absolute atomic E-state index is 11.9. The Hall–Kier alpha value is -1.55. The number of esters is 1. The molecule has 4 nitrogen and oxygen atoms in total. The molecule has 18 heavy (non-hydrogen) atoms. The number of benzene rings is 1. The number of carbonyl (C=O) groups excluding carboxylic acids is 1. The van der Waals surface area contributed by atoms with Gasteiger partial charge in [-0.1, -0.05) is 12.1 Å². The molecule has 0 saturated carbocycles. The molecule has 1 unspecified atom stereocenters. The highest BCUT2D eigenvalue weighted by Crippen LogP contribution is 2.14. The number of carbonyl (C=O) groups is 1. The van der Waals surface area contributed by atoms with Gasteiger partial charge in [0.15, 0.2) is 0 Å². The Balaban J connectivity index is 2.70. The Morgan fingerprint density at radius 1 is 1.44 bits per heavy atom. The summed E-state index contributed by atoms with van der Waals surface area (Å²) < 4.78 is 5.33. The van der Waals surface area contributed by atoms with Gasteiger partial charge < -0.3 is 15.2 Å². The summed E-state index contributed by atoms with van der Waals surface area (Å²) in [5.74, 6) is -0.0834. The van der Waals surface area contributed by atoms with Gasteiger partial charge in [-0.25, -0.2) is 0 Å². The largest absolute Gasteiger partial charge is 0.508 e. The average Bonchev–Trinajstić information content (AvgIpc) is 2.23. The van der Waals surface area contributed by atoms with Crippen LogP contribution in [0.15, 0.2) is 24.3 Å². The Morgan fingerprint density at radius 3 is 2.61 bits per heavy atom. The molecule has 0 amide bonds. The van der Waals surface area contributed by atoms with Crippen LogP contribution in [-0.4, -0.2) is 29.8 Å². The fourth-order valence-electron chi connectivity index (χ4n) is 1.60. The summed E-state index contributed by atoms with van der Waals surface area (Å²) >= 11 is 0. The predicted molar refractivity (Wildman–Crippen MR) is 70.5 cm³/mol. The molecule has 0 spiro atoms. The number of hydrogen-bond acceptors (Lipinski definition) is 4. The van der Waals surface area contributed by atoms with Gasteiger partial charge >= 0.3 is 5.97 Å². The Kier molecular flexibility index (Phi) is 4.73. The summed E-state index contributed by atoms with van der Waals surface area (Å²) in [6.07, 6.45) is 0.486. The number of ether oxygens (including phenoxy) is 1. The number of aromatic hydroxyl groups is 1. The van der Waals surface area contributed by atoms with E-state index in [1.807, 2.05) is 26.8 Å². The smallest absolute Gasteiger partial charge is 0.323 e. The van der Waals surface area contributed by atoms with Crippen LogP contribution in [0.3, 0.4) is 0 Å². The number of nitrogens with one attached hydrogen (secondary N) is 1. The Bertz CT molecular complexity index is 410. The second-order valence-electron chi connectivity index (χ2n) is 5.25. The zero-order chi connectivity index (χ0) is 13.8. The molecule has 1 atom stereocenters. The standard InChI is InChI=1S/C14H21NO3/c1-14(2,3)18-13(17)12(15-4)9-10-6-5-7-11(16)8-10/h5-8,12,15-16H,9H2,1-4H3. The SMILES string of the molecule is CNC(Cc1cccc(O)c1)C(=O)OC(C)(C)C. The summed E-state index contributed by atoms with van der Waals surface area (Å²) in [5, 5.41) is 12.3. The lowest BCUT2D eigenvalue weighted by Crippen LogP contribution is -2.41. The maximum atomic E-state index is 11.9. The number of phenols is 1. The molecule has 0 aliphatic heterocycles. The van der Waals surface area contributed by atoms with E-state index in [4.69, 9.17) is 4.74 Å². The van der Waals surface area contributed by atoms with Crippen molar-refractivity contribution >= 4 is 5.97 Å². The van der Waals surface area contributed by atoms with Crippen LogP contribution >= 0.6 is 0 Å². The lowest BCUT2D eigenvalue weighted by Gasteiger charge is -2.23. The summed E-state index contributed by atoms with van der Waals surface area (Å²) in [7, 11) is 1.72. The van der Waals surface area contributed by atoms with Gasteiger partial charge in [-0.2, -0.15) is 0 Å². The second kappa shape index (κ2) is 5.87. The van der Waals surface area contributed by atoms with Gasteiger partial charge in [-0.15, -0.1) is 0 Å². The highest BCUT2D eigenvalue weighted by atomic mass is 16.6. The fourth-order valence-corrected chi connectivity index (χ4v) is 1.60. The van der Waals surface area contributed by atoms with E-state index in [0.29, 0.717) is 6.42 Å². The van der Waals surface area contributed by atoms with Crippen molar-refractivity contribution in [1.82, 2.24) is 5.32 Å². The molecule has 1 aromatic carbocycles. The maximum Gasteiger partial charge on any atom is 0.323 e. The number of hydrogen-bond donors (Lipinski definition) is 2. The molecule has 0 aliphatic rings.